The molecular weight excluding hydrogens is 661 g/mol. The molecule has 4 bridgehead atoms. The SMILES string of the molecule is C=CCn1cc(C[C@@H]2NC(=O)[C@@H](NC(=O)OC(C)(C)C)Cc3cccc(c3)CNC(=O)CO[C@H]3CCN(C2=O)[C@@H]3C(=O)OC)c2cc(F)ccc21. The van der Waals surface area contributed by atoms with E-state index in [1.165, 1.54) is 24.1 Å². The molecule has 13 nitrogen and oxygen atoms in total. The zero-order valence-corrected chi connectivity index (χ0v) is 29.2. The Morgan fingerprint density at radius 1 is 1.14 bits per heavy atom. The molecule has 1 saturated heterocycles. The van der Waals surface area contributed by atoms with Crippen molar-refractivity contribution < 1.29 is 42.6 Å². The summed E-state index contributed by atoms with van der Waals surface area (Å²) >= 11 is 0. The molecule has 4 amide bonds. The Bertz CT molecular complexity index is 1820. The van der Waals surface area contributed by atoms with E-state index in [1.807, 2.05) is 4.57 Å². The van der Waals surface area contributed by atoms with Crippen molar-refractivity contribution in [2.75, 3.05) is 20.3 Å². The summed E-state index contributed by atoms with van der Waals surface area (Å²) in [5, 5.41) is 8.81. The number of ether oxygens (including phenoxy) is 3. The fraction of sp³-hybridized carbons (Fsp3) is 0.432. The van der Waals surface area contributed by atoms with Crippen LogP contribution in [0, 0.1) is 5.82 Å². The van der Waals surface area contributed by atoms with Crippen molar-refractivity contribution in [3.8, 4) is 0 Å². The first-order valence-electron chi connectivity index (χ1n) is 16.8. The number of amides is 4. The van der Waals surface area contributed by atoms with Gasteiger partial charge in [0.05, 0.1) is 13.2 Å². The van der Waals surface area contributed by atoms with Gasteiger partial charge in [-0.15, -0.1) is 6.58 Å². The van der Waals surface area contributed by atoms with Gasteiger partial charge in [0.1, 0.15) is 30.1 Å². The predicted octanol–water partition coefficient (Wildman–Crippen LogP) is 2.92. The number of nitrogens with one attached hydrogen (secondary N) is 3. The highest BCUT2D eigenvalue weighted by Crippen LogP contribution is 2.27. The van der Waals surface area contributed by atoms with Crippen molar-refractivity contribution in [1.82, 2.24) is 25.4 Å². The third kappa shape index (κ3) is 9.11. The van der Waals surface area contributed by atoms with Gasteiger partial charge in [0.15, 0.2) is 6.04 Å². The van der Waals surface area contributed by atoms with Gasteiger partial charge in [-0.25, -0.2) is 14.0 Å². The van der Waals surface area contributed by atoms with Crippen LogP contribution in [0.15, 0.2) is 61.3 Å². The summed E-state index contributed by atoms with van der Waals surface area (Å²) in [6.07, 6.45) is 1.87. The summed E-state index contributed by atoms with van der Waals surface area (Å²) in [5.41, 5.74) is 1.79. The van der Waals surface area contributed by atoms with Gasteiger partial charge < -0.3 is 39.6 Å². The standard InChI is InChI=1S/C37H44FN5O8/c1-6-13-42-20-24(26-18-25(38)10-11-29(26)42)17-28-34(46)43-14-12-30(32(43)35(47)49-5)50-21-31(44)39-19-23-9-7-8-22(15-23)16-27(33(45)40-28)41-36(48)51-37(2,3)4/h6-11,15,18,20,27-28,30,32H,1,12-14,16-17,19,21H2,2-5H3,(H,39,44)(H,40,45)(H,41,48)/t27-,28-,30-,32-/m0/s1. The molecule has 0 aliphatic carbocycles. The molecule has 0 saturated carbocycles. The van der Waals surface area contributed by atoms with Gasteiger partial charge in [0.2, 0.25) is 17.7 Å². The van der Waals surface area contributed by atoms with E-state index in [4.69, 9.17) is 14.2 Å². The second-order valence-corrected chi connectivity index (χ2v) is 13.7. The Labute approximate surface area is 295 Å². The maximum Gasteiger partial charge on any atom is 0.408 e. The average Bonchev–Trinajstić information content (AvgIpc) is 3.65. The maximum atomic E-state index is 14.6. The van der Waals surface area contributed by atoms with Crippen molar-refractivity contribution in [2.45, 2.75) is 83.0 Å². The van der Waals surface area contributed by atoms with Gasteiger partial charge in [-0.05, 0) is 62.1 Å². The van der Waals surface area contributed by atoms with Crippen LogP contribution in [0.4, 0.5) is 9.18 Å². The van der Waals surface area contributed by atoms with E-state index < -0.39 is 65.4 Å². The molecule has 1 aromatic heterocycles. The minimum Gasteiger partial charge on any atom is -0.467 e. The molecule has 0 spiro atoms. The summed E-state index contributed by atoms with van der Waals surface area (Å²) in [6.45, 7) is 9.14. The smallest absolute Gasteiger partial charge is 0.408 e. The molecule has 3 N–H and O–H groups in total. The first-order valence-corrected chi connectivity index (χ1v) is 16.8. The summed E-state index contributed by atoms with van der Waals surface area (Å²) in [5.74, 6) is -2.98. The van der Waals surface area contributed by atoms with E-state index >= 15 is 0 Å². The number of benzene rings is 2. The minimum atomic E-state index is -1.29. The highest BCUT2D eigenvalue weighted by molar-refractivity contribution is 5.95. The van der Waals surface area contributed by atoms with E-state index in [-0.39, 0.29) is 39.0 Å². The number of nitrogens with zero attached hydrogens (tertiary/aromatic N) is 2. The Hall–Kier alpha value is -5.24. The molecule has 51 heavy (non-hydrogen) atoms. The van der Waals surface area contributed by atoms with Crippen molar-refractivity contribution in [3.63, 3.8) is 0 Å². The molecule has 2 aliphatic rings. The van der Waals surface area contributed by atoms with Crippen molar-refractivity contribution in [1.29, 1.82) is 0 Å². The second-order valence-electron chi connectivity index (χ2n) is 13.7. The molecule has 3 aromatic rings. The number of rotatable bonds is 6. The van der Waals surface area contributed by atoms with Crippen LogP contribution in [-0.4, -0.2) is 89.3 Å². The number of carbonyl (C=O) groups is 5. The van der Waals surface area contributed by atoms with E-state index in [0.29, 0.717) is 28.6 Å². The quantitative estimate of drug-likeness (QED) is 0.261. The van der Waals surface area contributed by atoms with Crippen LogP contribution in [-0.2, 0) is 59.3 Å². The lowest BCUT2D eigenvalue weighted by Gasteiger charge is -2.30. The third-order valence-electron chi connectivity index (χ3n) is 8.72. The highest BCUT2D eigenvalue weighted by Gasteiger charge is 2.46. The number of methoxy groups -OCH3 is 1. The Morgan fingerprint density at radius 3 is 2.63 bits per heavy atom. The van der Waals surface area contributed by atoms with E-state index in [2.05, 4.69) is 22.5 Å². The molecule has 0 unspecified atom stereocenters. The highest BCUT2D eigenvalue weighted by atomic mass is 19.1. The number of hydrogen-bond donors (Lipinski definition) is 3. The Kier molecular flexibility index (Phi) is 11.4. The monoisotopic (exact) mass is 705 g/mol. The first-order chi connectivity index (χ1) is 24.3. The van der Waals surface area contributed by atoms with Crippen LogP contribution in [0.3, 0.4) is 0 Å². The molecule has 1 fully saturated rings. The van der Waals surface area contributed by atoms with E-state index in [0.717, 1.165) is 5.56 Å². The largest absolute Gasteiger partial charge is 0.467 e. The zero-order valence-electron chi connectivity index (χ0n) is 29.2. The fourth-order valence-corrected chi connectivity index (χ4v) is 6.47. The number of alkyl carbamates (subject to hydrolysis) is 1. The van der Waals surface area contributed by atoms with Crippen molar-refractivity contribution in [3.05, 3.63) is 83.8 Å². The molecule has 2 aromatic carbocycles. The van der Waals surface area contributed by atoms with Crippen molar-refractivity contribution in [2.24, 2.45) is 0 Å². The average molecular weight is 706 g/mol. The predicted molar refractivity (Wildman–Crippen MR) is 185 cm³/mol. The lowest BCUT2D eigenvalue weighted by molar-refractivity contribution is -0.157. The Balaban J connectivity index is 1.58. The van der Waals surface area contributed by atoms with Crippen LogP contribution >= 0.6 is 0 Å². The molecule has 3 heterocycles. The van der Waals surface area contributed by atoms with Crippen LogP contribution in [0.5, 0.6) is 0 Å². The minimum absolute atomic E-state index is 0.0112. The number of esters is 1. The van der Waals surface area contributed by atoms with Crippen molar-refractivity contribution >= 4 is 40.7 Å². The van der Waals surface area contributed by atoms with Gasteiger partial charge in [-0.3, -0.25) is 14.4 Å². The second kappa shape index (κ2) is 15.8. The number of halogens is 1. The molecule has 272 valence electrons. The van der Waals surface area contributed by atoms with Gasteiger partial charge in [-0.1, -0.05) is 30.3 Å². The van der Waals surface area contributed by atoms with Crippen LogP contribution in [0.1, 0.15) is 43.9 Å². The van der Waals surface area contributed by atoms with Gasteiger partial charge >= 0.3 is 12.1 Å². The topological polar surface area (TPSA) is 157 Å². The first kappa shape index (κ1) is 37.0. The lowest BCUT2D eigenvalue weighted by Crippen LogP contribution is -2.58. The van der Waals surface area contributed by atoms with E-state index in [9.17, 15) is 28.4 Å². The van der Waals surface area contributed by atoms with Gasteiger partial charge in [0, 0.05) is 49.6 Å². The molecule has 5 rings (SSSR count). The van der Waals surface area contributed by atoms with E-state index in [1.54, 1.807) is 63.4 Å². The fourth-order valence-electron chi connectivity index (χ4n) is 6.47. The summed E-state index contributed by atoms with van der Waals surface area (Å²) in [7, 11) is 1.19. The van der Waals surface area contributed by atoms with Gasteiger partial charge in [0.25, 0.3) is 0 Å². The zero-order chi connectivity index (χ0) is 36.9. The van der Waals surface area contributed by atoms with Crippen LogP contribution in [0.2, 0.25) is 0 Å². The number of carbonyl (C=O) groups excluding carboxylic acids is 5. The molecule has 0 radical (unpaired) electrons. The molecular formula is C37H44FN5O8. The number of aromatic nitrogens is 1. The maximum absolute atomic E-state index is 14.6. The third-order valence-corrected chi connectivity index (χ3v) is 8.72. The number of allylic oxidation sites excluding steroid dienone is 1. The van der Waals surface area contributed by atoms with Crippen LogP contribution in [0.25, 0.3) is 10.9 Å². The number of fused-ring (bicyclic) bond motifs is 5. The molecule has 14 heteroatoms. The lowest BCUT2D eigenvalue weighted by atomic mass is 10.0. The van der Waals surface area contributed by atoms with Crippen LogP contribution < -0.4 is 16.0 Å². The molecule has 2 aliphatic heterocycles. The normalized spacial score (nSPS) is 21.7. The molecule has 4 atom stereocenters. The Morgan fingerprint density at radius 2 is 1.90 bits per heavy atom. The summed E-state index contributed by atoms with van der Waals surface area (Å²) in [6, 6.07) is 7.75. The number of hydrogen-bond acceptors (Lipinski definition) is 8. The summed E-state index contributed by atoms with van der Waals surface area (Å²) < 4.78 is 32.8. The van der Waals surface area contributed by atoms with Gasteiger partial charge in [-0.2, -0.15) is 0 Å². The summed E-state index contributed by atoms with van der Waals surface area (Å²) in [4.78, 5) is 69.0.